The summed E-state index contributed by atoms with van der Waals surface area (Å²) in [6.07, 6.45) is 2.20. The highest BCUT2D eigenvalue weighted by Crippen LogP contribution is 2.56. The molecule has 0 radical (unpaired) electrons. The molecule has 1 amide bonds. The SMILES string of the molecule is CO[C@@]1(Cc2ccccc2)CCC[C@H]2C1=C(C(=O)O)N1C(=O)[C@H](C(C)O)[C@@H]21. The number of fused-ring (bicyclic) bond motifs is 3. The number of aliphatic hydroxyl groups excluding tert-OH is 1. The smallest absolute Gasteiger partial charge is 0.352 e. The first-order valence-corrected chi connectivity index (χ1v) is 9.49. The van der Waals surface area contributed by atoms with E-state index in [1.54, 1.807) is 14.0 Å². The number of amides is 1. The molecule has 27 heavy (non-hydrogen) atoms. The number of methoxy groups -OCH3 is 1. The number of β-lactam (4-membered cyclic amide) rings is 1. The number of benzene rings is 1. The van der Waals surface area contributed by atoms with Gasteiger partial charge in [0, 0.05) is 19.4 Å². The molecule has 1 aliphatic carbocycles. The molecule has 1 saturated carbocycles. The van der Waals surface area contributed by atoms with Crippen LogP contribution in [0.3, 0.4) is 0 Å². The van der Waals surface area contributed by atoms with Gasteiger partial charge in [-0.3, -0.25) is 4.79 Å². The van der Waals surface area contributed by atoms with Crippen LogP contribution in [0.4, 0.5) is 0 Å². The van der Waals surface area contributed by atoms with Crippen molar-refractivity contribution in [2.75, 3.05) is 7.11 Å². The molecule has 1 aromatic carbocycles. The zero-order chi connectivity index (χ0) is 19.3. The summed E-state index contributed by atoms with van der Waals surface area (Å²) in [7, 11) is 1.63. The molecular formula is C21H25NO5. The number of carbonyl (C=O) groups excluding carboxylic acids is 1. The highest BCUT2D eigenvalue weighted by molar-refractivity contribution is 6.00. The largest absolute Gasteiger partial charge is 0.477 e. The predicted molar refractivity (Wildman–Crippen MR) is 97.7 cm³/mol. The number of carboxylic acid groups (broad SMARTS) is 1. The van der Waals surface area contributed by atoms with Crippen molar-refractivity contribution in [3.8, 4) is 0 Å². The molecule has 1 saturated heterocycles. The Morgan fingerprint density at radius 3 is 2.67 bits per heavy atom. The van der Waals surface area contributed by atoms with E-state index in [0.29, 0.717) is 6.42 Å². The topological polar surface area (TPSA) is 87.1 Å². The first kappa shape index (κ1) is 18.2. The number of rotatable bonds is 5. The third kappa shape index (κ3) is 2.54. The highest BCUT2D eigenvalue weighted by Gasteiger charge is 2.64. The predicted octanol–water partition coefficient (Wildman–Crippen LogP) is 1.97. The summed E-state index contributed by atoms with van der Waals surface area (Å²) < 4.78 is 6.01. The van der Waals surface area contributed by atoms with Crippen LogP contribution in [0, 0.1) is 11.8 Å². The van der Waals surface area contributed by atoms with E-state index in [4.69, 9.17) is 4.74 Å². The first-order valence-electron chi connectivity index (χ1n) is 9.49. The second-order valence-electron chi connectivity index (χ2n) is 7.89. The Labute approximate surface area is 158 Å². The summed E-state index contributed by atoms with van der Waals surface area (Å²) in [4.78, 5) is 26.2. The summed E-state index contributed by atoms with van der Waals surface area (Å²) in [5.41, 5.74) is 1.14. The fourth-order valence-electron chi connectivity index (χ4n) is 5.41. The Morgan fingerprint density at radius 2 is 2.07 bits per heavy atom. The van der Waals surface area contributed by atoms with Crippen LogP contribution in [0.2, 0.25) is 0 Å². The molecule has 2 aliphatic heterocycles. The van der Waals surface area contributed by atoms with Gasteiger partial charge in [-0.05, 0) is 37.3 Å². The quantitative estimate of drug-likeness (QED) is 0.773. The normalized spacial score (nSPS) is 33.4. The molecule has 0 aromatic heterocycles. The second kappa shape index (κ2) is 6.46. The van der Waals surface area contributed by atoms with Crippen molar-refractivity contribution in [1.29, 1.82) is 0 Å². The van der Waals surface area contributed by atoms with Crippen LogP contribution in [0.1, 0.15) is 31.7 Å². The van der Waals surface area contributed by atoms with E-state index in [-0.39, 0.29) is 23.6 Å². The van der Waals surface area contributed by atoms with Gasteiger partial charge in [-0.2, -0.15) is 0 Å². The van der Waals surface area contributed by atoms with Crippen LogP contribution < -0.4 is 0 Å². The lowest BCUT2D eigenvalue weighted by Gasteiger charge is -2.48. The molecule has 144 valence electrons. The molecule has 1 unspecified atom stereocenters. The number of hydrogen-bond donors (Lipinski definition) is 2. The lowest BCUT2D eigenvalue weighted by molar-refractivity contribution is -0.163. The second-order valence-corrected chi connectivity index (χ2v) is 7.89. The molecule has 0 spiro atoms. The average molecular weight is 371 g/mol. The zero-order valence-corrected chi connectivity index (χ0v) is 15.6. The van der Waals surface area contributed by atoms with E-state index in [9.17, 15) is 19.8 Å². The number of carbonyl (C=O) groups is 2. The summed E-state index contributed by atoms with van der Waals surface area (Å²) in [5, 5.41) is 20.0. The maximum atomic E-state index is 12.6. The standard InChI is InChI=1S/C21H25NO5/c1-12(23)15-17-14-9-6-10-21(27-2,11-13-7-4-3-5-8-13)16(14)18(20(25)26)22(17)19(15)24/h3-5,7-8,12,14-15,17,23H,6,9-11H2,1-2H3,(H,25,26)/t12?,14-,15+,17+,21+/m0/s1. The monoisotopic (exact) mass is 371 g/mol. The van der Waals surface area contributed by atoms with Crippen LogP contribution in [0.25, 0.3) is 0 Å². The molecule has 1 aromatic rings. The molecule has 2 fully saturated rings. The molecular weight excluding hydrogens is 346 g/mol. The number of carboxylic acids is 1. The Balaban J connectivity index is 1.82. The number of aliphatic hydroxyl groups is 1. The maximum absolute atomic E-state index is 12.6. The third-order valence-corrected chi connectivity index (χ3v) is 6.50. The van der Waals surface area contributed by atoms with Crippen LogP contribution in [-0.4, -0.2) is 51.8 Å². The van der Waals surface area contributed by atoms with E-state index in [1.165, 1.54) is 4.90 Å². The summed E-state index contributed by atoms with van der Waals surface area (Å²) in [6.45, 7) is 1.61. The first-order chi connectivity index (χ1) is 12.9. The molecule has 6 nitrogen and oxygen atoms in total. The van der Waals surface area contributed by atoms with Gasteiger partial charge in [0.25, 0.3) is 0 Å². The minimum absolute atomic E-state index is 0.0735. The summed E-state index contributed by atoms with van der Waals surface area (Å²) in [5.74, 6) is -2.00. The minimum Gasteiger partial charge on any atom is -0.477 e. The van der Waals surface area contributed by atoms with Gasteiger partial charge in [0.15, 0.2) is 0 Å². The zero-order valence-electron chi connectivity index (χ0n) is 15.6. The Kier molecular flexibility index (Phi) is 4.35. The average Bonchev–Trinajstić information content (AvgIpc) is 2.94. The molecule has 2 N–H and O–H groups in total. The summed E-state index contributed by atoms with van der Waals surface area (Å²) >= 11 is 0. The van der Waals surface area contributed by atoms with E-state index >= 15 is 0 Å². The number of hydrogen-bond acceptors (Lipinski definition) is 4. The molecule has 5 atom stereocenters. The molecule has 0 bridgehead atoms. The summed E-state index contributed by atoms with van der Waals surface area (Å²) in [6, 6.07) is 9.62. The Morgan fingerprint density at radius 1 is 1.37 bits per heavy atom. The molecule has 4 rings (SSSR count). The van der Waals surface area contributed by atoms with Gasteiger partial charge in [-0.15, -0.1) is 0 Å². The van der Waals surface area contributed by atoms with Crippen LogP contribution in [-0.2, 0) is 20.7 Å². The van der Waals surface area contributed by atoms with Gasteiger partial charge in [-0.1, -0.05) is 30.3 Å². The van der Waals surface area contributed by atoms with E-state index in [2.05, 4.69) is 0 Å². The van der Waals surface area contributed by atoms with Crippen LogP contribution >= 0.6 is 0 Å². The highest BCUT2D eigenvalue weighted by atomic mass is 16.5. The van der Waals surface area contributed by atoms with Gasteiger partial charge < -0.3 is 19.8 Å². The Bertz CT molecular complexity index is 802. The number of ether oxygens (including phenoxy) is 1. The maximum Gasteiger partial charge on any atom is 0.352 e. The Hall–Kier alpha value is -2.18. The number of nitrogens with zero attached hydrogens (tertiary/aromatic N) is 1. The molecule has 6 heteroatoms. The lowest BCUT2D eigenvalue weighted by Crippen LogP contribution is -2.64. The van der Waals surface area contributed by atoms with Crippen LogP contribution in [0.15, 0.2) is 41.6 Å². The van der Waals surface area contributed by atoms with Gasteiger partial charge in [0.2, 0.25) is 5.91 Å². The van der Waals surface area contributed by atoms with Crippen LogP contribution in [0.5, 0.6) is 0 Å². The lowest BCUT2D eigenvalue weighted by atomic mass is 9.66. The van der Waals surface area contributed by atoms with E-state index < -0.39 is 23.6 Å². The van der Waals surface area contributed by atoms with Gasteiger partial charge >= 0.3 is 5.97 Å². The number of aliphatic carboxylic acids is 1. The third-order valence-electron chi connectivity index (χ3n) is 6.50. The van der Waals surface area contributed by atoms with E-state index in [1.807, 2.05) is 30.3 Å². The van der Waals surface area contributed by atoms with Gasteiger partial charge in [0.05, 0.1) is 23.7 Å². The van der Waals surface area contributed by atoms with E-state index in [0.717, 1.165) is 30.4 Å². The fraction of sp³-hybridized carbons (Fsp3) is 0.524. The van der Waals surface area contributed by atoms with Crippen molar-refractivity contribution < 1.29 is 24.5 Å². The fourth-order valence-corrected chi connectivity index (χ4v) is 5.41. The van der Waals surface area contributed by atoms with Crippen molar-refractivity contribution in [3.05, 3.63) is 47.2 Å². The van der Waals surface area contributed by atoms with Crippen molar-refractivity contribution in [2.45, 2.75) is 50.4 Å². The van der Waals surface area contributed by atoms with Crippen molar-refractivity contribution >= 4 is 11.9 Å². The van der Waals surface area contributed by atoms with Crippen molar-refractivity contribution in [3.63, 3.8) is 0 Å². The van der Waals surface area contributed by atoms with Crippen molar-refractivity contribution in [2.24, 2.45) is 11.8 Å². The van der Waals surface area contributed by atoms with Gasteiger partial charge in [-0.25, -0.2) is 4.79 Å². The molecule has 2 heterocycles. The van der Waals surface area contributed by atoms with Gasteiger partial charge in [0.1, 0.15) is 5.70 Å². The minimum atomic E-state index is -1.09. The van der Waals surface area contributed by atoms with Crippen molar-refractivity contribution in [1.82, 2.24) is 4.90 Å². The molecule has 3 aliphatic rings.